The quantitative estimate of drug-likeness (QED) is 0.556. The van der Waals surface area contributed by atoms with Crippen molar-refractivity contribution in [3.63, 3.8) is 0 Å². The molecule has 1 atom stereocenters. The summed E-state index contributed by atoms with van der Waals surface area (Å²) in [6.45, 7) is 7.08. The van der Waals surface area contributed by atoms with Crippen molar-refractivity contribution in [1.29, 1.82) is 0 Å². The van der Waals surface area contributed by atoms with E-state index in [1.807, 2.05) is 0 Å². The fourth-order valence-corrected chi connectivity index (χ4v) is 1.69. The fraction of sp³-hybridized carbons (Fsp3) is 1.00. The van der Waals surface area contributed by atoms with Crippen LogP contribution in [0.15, 0.2) is 0 Å². The zero-order valence-electron chi connectivity index (χ0n) is 8.97. The van der Waals surface area contributed by atoms with E-state index in [1.165, 1.54) is 38.5 Å². The SMILES string of the molecule is CC(C)CCC(C)CCC1CC1. The molecule has 1 aliphatic rings. The van der Waals surface area contributed by atoms with Crippen LogP contribution in [0.4, 0.5) is 0 Å². The first-order valence-electron chi connectivity index (χ1n) is 5.68. The van der Waals surface area contributed by atoms with Crippen molar-refractivity contribution in [2.45, 2.75) is 59.3 Å². The predicted octanol–water partition coefficient (Wildman–Crippen LogP) is 4.25. The monoisotopic (exact) mass is 168 g/mol. The van der Waals surface area contributed by atoms with Gasteiger partial charge in [-0.1, -0.05) is 59.3 Å². The third-order valence-corrected chi connectivity index (χ3v) is 3.00. The van der Waals surface area contributed by atoms with E-state index in [2.05, 4.69) is 20.8 Å². The lowest BCUT2D eigenvalue weighted by atomic mass is 9.95. The molecule has 0 spiro atoms. The highest BCUT2D eigenvalue weighted by atomic mass is 14.3. The molecule has 0 aromatic rings. The summed E-state index contributed by atoms with van der Waals surface area (Å²) >= 11 is 0. The zero-order valence-corrected chi connectivity index (χ0v) is 8.97. The molecule has 0 amide bonds. The van der Waals surface area contributed by atoms with Crippen LogP contribution < -0.4 is 0 Å². The average Bonchev–Trinajstić information content (AvgIpc) is 2.80. The van der Waals surface area contributed by atoms with E-state index >= 15 is 0 Å². The third kappa shape index (κ3) is 4.79. The Bertz CT molecular complexity index is 105. The highest BCUT2D eigenvalue weighted by molar-refractivity contribution is 4.73. The van der Waals surface area contributed by atoms with E-state index in [0.29, 0.717) is 0 Å². The smallest absolute Gasteiger partial charge is 0.0414 e. The van der Waals surface area contributed by atoms with E-state index in [1.54, 1.807) is 0 Å². The lowest BCUT2D eigenvalue weighted by molar-refractivity contribution is 0.410. The second-order valence-corrected chi connectivity index (χ2v) is 5.10. The Balaban J connectivity index is 1.91. The molecule has 0 heterocycles. The minimum absolute atomic E-state index is 0.897. The van der Waals surface area contributed by atoms with Crippen LogP contribution in [0.3, 0.4) is 0 Å². The summed E-state index contributed by atoms with van der Waals surface area (Å²) in [6.07, 6.45) is 8.92. The van der Waals surface area contributed by atoms with Gasteiger partial charge in [0.05, 0.1) is 0 Å². The average molecular weight is 168 g/mol. The maximum Gasteiger partial charge on any atom is -0.0414 e. The van der Waals surface area contributed by atoms with Crippen LogP contribution in [0, 0.1) is 17.8 Å². The molecule has 1 aliphatic carbocycles. The summed E-state index contributed by atoms with van der Waals surface area (Å²) in [5.74, 6) is 3.01. The van der Waals surface area contributed by atoms with Gasteiger partial charge in [-0.2, -0.15) is 0 Å². The Morgan fingerprint density at radius 3 is 2.17 bits per heavy atom. The van der Waals surface area contributed by atoms with Gasteiger partial charge in [-0.25, -0.2) is 0 Å². The van der Waals surface area contributed by atoms with Gasteiger partial charge in [0.15, 0.2) is 0 Å². The van der Waals surface area contributed by atoms with Gasteiger partial charge in [0.25, 0.3) is 0 Å². The van der Waals surface area contributed by atoms with E-state index in [4.69, 9.17) is 0 Å². The highest BCUT2D eigenvalue weighted by Crippen LogP contribution is 2.35. The summed E-state index contributed by atoms with van der Waals surface area (Å²) in [7, 11) is 0. The number of rotatable bonds is 6. The maximum atomic E-state index is 2.42. The first kappa shape index (κ1) is 10.1. The molecule has 0 saturated heterocycles. The first-order chi connectivity index (χ1) is 5.68. The van der Waals surface area contributed by atoms with Gasteiger partial charge >= 0.3 is 0 Å². The second-order valence-electron chi connectivity index (χ2n) is 5.10. The topological polar surface area (TPSA) is 0 Å². The van der Waals surface area contributed by atoms with Crippen LogP contribution in [0.1, 0.15) is 59.3 Å². The summed E-state index contributed by atoms with van der Waals surface area (Å²) < 4.78 is 0. The van der Waals surface area contributed by atoms with E-state index < -0.39 is 0 Å². The van der Waals surface area contributed by atoms with Crippen LogP contribution in [0.25, 0.3) is 0 Å². The first-order valence-corrected chi connectivity index (χ1v) is 5.68. The molecular formula is C12H24. The molecule has 0 radical (unpaired) electrons. The molecule has 1 fully saturated rings. The van der Waals surface area contributed by atoms with Gasteiger partial charge in [-0.3, -0.25) is 0 Å². The standard InChI is InChI=1S/C12H24/c1-10(2)4-5-11(3)6-7-12-8-9-12/h10-12H,4-9H2,1-3H3. The molecule has 0 aromatic heterocycles. The zero-order chi connectivity index (χ0) is 8.97. The van der Waals surface area contributed by atoms with Crippen LogP contribution in [-0.4, -0.2) is 0 Å². The van der Waals surface area contributed by atoms with Crippen molar-refractivity contribution in [3.8, 4) is 0 Å². The van der Waals surface area contributed by atoms with Crippen molar-refractivity contribution in [1.82, 2.24) is 0 Å². The van der Waals surface area contributed by atoms with Crippen molar-refractivity contribution in [2.24, 2.45) is 17.8 Å². The molecule has 0 bridgehead atoms. The van der Waals surface area contributed by atoms with Gasteiger partial charge in [0, 0.05) is 0 Å². The molecule has 1 unspecified atom stereocenters. The van der Waals surface area contributed by atoms with E-state index in [9.17, 15) is 0 Å². The minimum atomic E-state index is 0.897. The largest absolute Gasteiger partial charge is 0.0628 e. The molecule has 1 rings (SSSR count). The van der Waals surface area contributed by atoms with Crippen molar-refractivity contribution < 1.29 is 0 Å². The number of hydrogen-bond acceptors (Lipinski definition) is 0. The van der Waals surface area contributed by atoms with Gasteiger partial charge in [0.1, 0.15) is 0 Å². The molecule has 0 aromatic carbocycles. The van der Waals surface area contributed by atoms with Gasteiger partial charge in [-0.15, -0.1) is 0 Å². The third-order valence-electron chi connectivity index (χ3n) is 3.00. The molecule has 0 N–H and O–H groups in total. The molecule has 0 heteroatoms. The molecule has 12 heavy (non-hydrogen) atoms. The van der Waals surface area contributed by atoms with Crippen LogP contribution in [0.5, 0.6) is 0 Å². The summed E-state index contributed by atoms with van der Waals surface area (Å²) in [6, 6.07) is 0. The minimum Gasteiger partial charge on any atom is -0.0628 e. The van der Waals surface area contributed by atoms with Gasteiger partial charge in [-0.05, 0) is 17.8 Å². The van der Waals surface area contributed by atoms with Crippen molar-refractivity contribution in [3.05, 3.63) is 0 Å². The Kier molecular flexibility index (Phi) is 4.11. The lowest BCUT2D eigenvalue weighted by Crippen LogP contribution is -1.98. The normalized spacial score (nSPS) is 20.0. The number of hydrogen-bond donors (Lipinski definition) is 0. The van der Waals surface area contributed by atoms with Crippen molar-refractivity contribution in [2.75, 3.05) is 0 Å². The Hall–Kier alpha value is 0. The maximum absolute atomic E-state index is 2.42. The lowest BCUT2D eigenvalue weighted by Gasteiger charge is -2.12. The summed E-state index contributed by atoms with van der Waals surface area (Å²) in [5.41, 5.74) is 0. The van der Waals surface area contributed by atoms with Crippen LogP contribution in [0.2, 0.25) is 0 Å². The molecule has 72 valence electrons. The summed E-state index contributed by atoms with van der Waals surface area (Å²) in [4.78, 5) is 0. The van der Waals surface area contributed by atoms with Gasteiger partial charge < -0.3 is 0 Å². The van der Waals surface area contributed by atoms with E-state index in [-0.39, 0.29) is 0 Å². The van der Waals surface area contributed by atoms with E-state index in [0.717, 1.165) is 17.8 Å². The van der Waals surface area contributed by atoms with Crippen LogP contribution in [-0.2, 0) is 0 Å². The molecule has 0 nitrogen and oxygen atoms in total. The second kappa shape index (κ2) is 4.89. The van der Waals surface area contributed by atoms with Crippen molar-refractivity contribution >= 4 is 0 Å². The highest BCUT2D eigenvalue weighted by Gasteiger charge is 2.21. The Morgan fingerprint density at radius 2 is 1.67 bits per heavy atom. The summed E-state index contributed by atoms with van der Waals surface area (Å²) in [5, 5.41) is 0. The van der Waals surface area contributed by atoms with Gasteiger partial charge in [0.2, 0.25) is 0 Å². The van der Waals surface area contributed by atoms with Crippen LogP contribution >= 0.6 is 0 Å². The molecule has 1 saturated carbocycles. The molecular weight excluding hydrogens is 144 g/mol. The Labute approximate surface area is 77.7 Å². The molecule has 0 aliphatic heterocycles. The Morgan fingerprint density at radius 1 is 1.00 bits per heavy atom. The predicted molar refractivity (Wildman–Crippen MR) is 55.2 cm³/mol. The fourth-order valence-electron chi connectivity index (χ4n) is 1.69.